The zero-order chi connectivity index (χ0) is 16.4. The molecule has 4 N–H and O–H groups in total. The van der Waals surface area contributed by atoms with E-state index in [0.29, 0.717) is 0 Å². The zero-order valence-electron chi connectivity index (χ0n) is 11.0. The summed E-state index contributed by atoms with van der Waals surface area (Å²) in [6.45, 7) is 5.78. The lowest BCUT2D eigenvalue weighted by atomic mass is 10.4. The van der Waals surface area contributed by atoms with Crippen LogP contribution in [0.3, 0.4) is 0 Å². The SMILES string of the molecule is C=C(C)C(=O)OCCOP(=O)(O)O.CCOP(=O)(O)O. The molecule has 0 fully saturated rings. The molecule has 0 spiro atoms. The highest BCUT2D eigenvalue weighted by Crippen LogP contribution is 2.35. The van der Waals surface area contributed by atoms with E-state index in [0.717, 1.165) is 0 Å². The Bertz CT molecular complexity index is 394. The highest BCUT2D eigenvalue weighted by molar-refractivity contribution is 7.46. The van der Waals surface area contributed by atoms with Crippen molar-refractivity contribution in [1.29, 1.82) is 0 Å². The second-order valence-electron chi connectivity index (χ2n) is 3.15. The summed E-state index contributed by atoms with van der Waals surface area (Å²) in [6.07, 6.45) is 0. The Morgan fingerprint density at radius 3 is 1.75 bits per heavy atom. The third-order valence-corrected chi connectivity index (χ3v) is 2.34. The molecule has 0 aliphatic heterocycles. The van der Waals surface area contributed by atoms with Gasteiger partial charge >= 0.3 is 21.6 Å². The van der Waals surface area contributed by atoms with Crippen LogP contribution in [-0.4, -0.2) is 45.4 Å². The molecule has 20 heavy (non-hydrogen) atoms. The van der Waals surface area contributed by atoms with Gasteiger partial charge in [0.1, 0.15) is 6.61 Å². The fourth-order valence-electron chi connectivity index (χ4n) is 0.582. The van der Waals surface area contributed by atoms with Crippen molar-refractivity contribution in [3.05, 3.63) is 12.2 Å². The van der Waals surface area contributed by atoms with Crippen LogP contribution in [0.5, 0.6) is 0 Å². The van der Waals surface area contributed by atoms with Crippen molar-refractivity contribution >= 4 is 21.6 Å². The van der Waals surface area contributed by atoms with E-state index in [1.807, 2.05) is 0 Å². The van der Waals surface area contributed by atoms with Gasteiger partial charge in [-0.15, -0.1) is 0 Å². The van der Waals surface area contributed by atoms with Crippen LogP contribution < -0.4 is 0 Å². The van der Waals surface area contributed by atoms with Crippen LogP contribution in [-0.2, 0) is 27.7 Å². The van der Waals surface area contributed by atoms with E-state index >= 15 is 0 Å². The number of phosphoric acid groups is 2. The highest BCUT2D eigenvalue weighted by atomic mass is 31.2. The van der Waals surface area contributed by atoms with E-state index in [4.69, 9.17) is 19.6 Å². The quantitative estimate of drug-likeness (QED) is 0.221. The maximum absolute atomic E-state index is 10.7. The lowest BCUT2D eigenvalue weighted by Crippen LogP contribution is -2.10. The Morgan fingerprint density at radius 2 is 1.50 bits per heavy atom. The molecule has 12 heteroatoms. The van der Waals surface area contributed by atoms with Gasteiger partial charge in [0.2, 0.25) is 0 Å². The van der Waals surface area contributed by atoms with Crippen molar-refractivity contribution in [3.8, 4) is 0 Å². The summed E-state index contributed by atoms with van der Waals surface area (Å²) < 4.78 is 32.2. The first-order chi connectivity index (χ1) is 8.89. The van der Waals surface area contributed by atoms with E-state index in [1.54, 1.807) is 0 Å². The molecule has 0 aromatic carbocycles. The van der Waals surface area contributed by atoms with Gasteiger partial charge < -0.3 is 24.3 Å². The second-order valence-corrected chi connectivity index (χ2v) is 5.63. The minimum Gasteiger partial charge on any atom is -0.460 e. The number of carbonyl (C=O) groups excluding carboxylic acids is 1. The summed E-state index contributed by atoms with van der Waals surface area (Å²) in [5, 5.41) is 0. The minimum absolute atomic E-state index is 0.0459. The fraction of sp³-hybridized carbons (Fsp3) is 0.625. The van der Waals surface area contributed by atoms with Crippen LogP contribution in [0.1, 0.15) is 13.8 Å². The van der Waals surface area contributed by atoms with Gasteiger partial charge in [0.15, 0.2) is 0 Å². The molecule has 0 amide bonds. The molecule has 0 saturated carbocycles. The van der Waals surface area contributed by atoms with Crippen molar-refractivity contribution in [2.45, 2.75) is 13.8 Å². The van der Waals surface area contributed by atoms with Crippen molar-refractivity contribution in [2.75, 3.05) is 19.8 Å². The molecule has 0 atom stereocenters. The van der Waals surface area contributed by atoms with E-state index in [9.17, 15) is 13.9 Å². The fourth-order valence-corrected chi connectivity index (χ4v) is 1.23. The summed E-state index contributed by atoms with van der Waals surface area (Å²) in [5.74, 6) is -0.616. The highest BCUT2D eigenvalue weighted by Gasteiger charge is 2.13. The van der Waals surface area contributed by atoms with Gasteiger partial charge in [-0.2, -0.15) is 0 Å². The molecule has 0 saturated heterocycles. The molecule has 10 nitrogen and oxygen atoms in total. The van der Waals surface area contributed by atoms with Gasteiger partial charge in [-0.05, 0) is 13.8 Å². The average Bonchev–Trinajstić information content (AvgIpc) is 2.21. The topological polar surface area (TPSA) is 160 Å². The van der Waals surface area contributed by atoms with Crippen LogP contribution in [0.15, 0.2) is 12.2 Å². The number of hydrogen-bond acceptors (Lipinski definition) is 6. The number of esters is 1. The van der Waals surface area contributed by atoms with Gasteiger partial charge in [0, 0.05) is 5.57 Å². The Hall–Kier alpha value is -0.570. The summed E-state index contributed by atoms with van der Waals surface area (Å²) in [7, 11) is -8.63. The standard InChI is InChI=1S/C6H11O6P.C2H7O4P/c1-5(2)6(7)11-3-4-12-13(8,9)10;1-2-6-7(3,4)5/h1,3-4H2,2H3,(H2,8,9,10);2H2,1H3,(H2,3,4,5). The number of rotatable bonds is 7. The summed E-state index contributed by atoms with van der Waals surface area (Å²) in [5.41, 5.74) is 0.219. The van der Waals surface area contributed by atoms with Crippen molar-refractivity contribution in [1.82, 2.24) is 0 Å². The van der Waals surface area contributed by atoms with Crippen LogP contribution in [0.4, 0.5) is 0 Å². The maximum Gasteiger partial charge on any atom is 0.469 e. The average molecular weight is 336 g/mol. The normalized spacial score (nSPS) is 11.3. The number of hydrogen-bond donors (Lipinski definition) is 4. The number of phosphoric ester groups is 2. The van der Waals surface area contributed by atoms with Crippen LogP contribution >= 0.6 is 15.6 Å². The molecular formula is C8H18O10P2. The van der Waals surface area contributed by atoms with E-state index in [-0.39, 0.29) is 25.4 Å². The Labute approximate surface area is 115 Å². The predicted molar refractivity (Wildman–Crippen MR) is 67.4 cm³/mol. The van der Waals surface area contributed by atoms with Crippen molar-refractivity contribution in [2.24, 2.45) is 0 Å². The first-order valence-corrected chi connectivity index (χ1v) is 8.18. The summed E-state index contributed by atoms with van der Waals surface area (Å²) in [6, 6.07) is 0. The van der Waals surface area contributed by atoms with Crippen LogP contribution in [0.25, 0.3) is 0 Å². The van der Waals surface area contributed by atoms with E-state index in [2.05, 4.69) is 20.4 Å². The smallest absolute Gasteiger partial charge is 0.460 e. The third kappa shape index (κ3) is 19.8. The second kappa shape index (κ2) is 10.2. The van der Waals surface area contributed by atoms with Crippen molar-refractivity contribution < 1.29 is 47.3 Å². The minimum atomic E-state index is -4.46. The Kier molecular flexibility index (Phi) is 11.1. The van der Waals surface area contributed by atoms with Gasteiger partial charge in [0.05, 0.1) is 13.2 Å². The van der Waals surface area contributed by atoms with Crippen LogP contribution in [0.2, 0.25) is 0 Å². The number of ether oxygens (including phenoxy) is 1. The van der Waals surface area contributed by atoms with Gasteiger partial charge in [0.25, 0.3) is 0 Å². The van der Waals surface area contributed by atoms with Gasteiger partial charge in [-0.3, -0.25) is 9.05 Å². The predicted octanol–water partition coefficient (Wildman–Crippen LogP) is 0.331. The lowest BCUT2D eigenvalue weighted by Gasteiger charge is -2.05. The molecule has 0 bridgehead atoms. The molecule has 0 aliphatic rings. The first-order valence-electron chi connectivity index (χ1n) is 5.12. The molecule has 120 valence electrons. The lowest BCUT2D eigenvalue weighted by molar-refractivity contribution is -0.139. The molecule has 0 rings (SSSR count). The molecule has 0 heterocycles. The van der Waals surface area contributed by atoms with Crippen molar-refractivity contribution in [3.63, 3.8) is 0 Å². The largest absolute Gasteiger partial charge is 0.469 e. The van der Waals surface area contributed by atoms with Gasteiger partial charge in [-0.25, -0.2) is 13.9 Å². The summed E-state index contributed by atoms with van der Waals surface area (Å²) >= 11 is 0. The van der Waals surface area contributed by atoms with E-state index < -0.39 is 21.6 Å². The third-order valence-electron chi connectivity index (χ3n) is 1.22. The van der Waals surface area contributed by atoms with E-state index in [1.165, 1.54) is 13.8 Å². The molecule has 0 unspecified atom stereocenters. The van der Waals surface area contributed by atoms with Crippen LogP contribution in [0, 0.1) is 0 Å². The van der Waals surface area contributed by atoms with Gasteiger partial charge in [-0.1, -0.05) is 6.58 Å². The molecule has 0 aromatic heterocycles. The number of carbonyl (C=O) groups is 1. The Balaban J connectivity index is 0. The summed E-state index contributed by atoms with van der Waals surface area (Å²) in [4.78, 5) is 43.0. The molecule has 0 aromatic rings. The first kappa shape index (κ1) is 21.7. The monoisotopic (exact) mass is 336 g/mol. The molecular weight excluding hydrogens is 318 g/mol. The Morgan fingerprint density at radius 1 is 1.05 bits per heavy atom. The molecule has 0 radical (unpaired) electrons. The maximum atomic E-state index is 10.7. The molecule has 0 aliphatic carbocycles. The zero-order valence-corrected chi connectivity index (χ0v) is 12.8.